The number of likely N-dealkylation sites (N-methyl/N-ethyl adjacent to an activating group) is 1. The van der Waals surface area contributed by atoms with E-state index >= 15 is 0 Å². The Morgan fingerprint density at radius 1 is 1.41 bits per heavy atom. The summed E-state index contributed by atoms with van der Waals surface area (Å²) in [5, 5.41) is 0. The maximum Gasteiger partial charge on any atom is 0.246 e. The molecule has 1 saturated heterocycles. The molecule has 1 aromatic rings. The van der Waals surface area contributed by atoms with Gasteiger partial charge in [0.05, 0.1) is 6.42 Å². The molecule has 0 spiro atoms. The van der Waals surface area contributed by atoms with E-state index in [-0.39, 0.29) is 18.2 Å². The van der Waals surface area contributed by atoms with Gasteiger partial charge in [0.25, 0.3) is 0 Å². The highest BCUT2D eigenvalue weighted by Gasteiger charge is 2.31. The SMILES string of the molecule is CCN(C(=O)C1CC(=O)NN1)c1ccccc1. The van der Waals surface area contributed by atoms with E-state index in [0.717, 1.165) is 5.69 Å². The van der Waals surface area contributed by atoms with Gasteiger partial charge in [0.15, 0.2) is 0 Å². The van der Waals surface area contributed by atoms with Crippen LogP contribution in [-0.4, -0.2) is 24.4 Å². The van der Waals surface area contributed by atoms with Crippen molar-refractivity contribution < 1.29 is 9.59 Å². The summed E-state index contributed by atoms with van der Waals surface area (Å²) in [5.74, 6) is -0.232. The first-order chi connectivity index (χ1) is 8.22. The highest BCUT2D eigenvalue weighted by atomic mass is 16.2. The molecule has 1 aromatic carbocycles. The molecule has 0 aromatic heterocycles. The smallest absolute Gasteiger partial charge is 0.246 e. The summed E-state index contributed by atoms with van der Waals surface area (Å²) in [6.07, 6.45) is 0.197. The quantitative estimate of drug-likeness (QED) is 0.796. The van der Waals surface area contributed by atoms with Gasteiger partial charge in [-0.3, -0.25) is 15.0 Å². The molecule has 2 N–H and O–H groups in total. The third-order valence-electron chi connectivity index (χ3n) is 2.72. The normalized spacial score (nSPS) is 18.9. The lowest BCUT2D eigenvalue weighted by atomic mass is 10.2. The number of para-hydroxylation sites is 1. The molecule has 1 unspecified atom stereocenters. The van der Waals surface area contributed by atoms with E-state index < -0.39 is 6.04 Å². The Hall–Kier alpha value is -1.88. The molecular formula is C12H15N3O2. The number of amides is 2. The lowest BCUT2D eigenvalue weighted by Gasteiger charge is -2.23. The summed E-state index contributed by atoms with van der Waals surface area (Å²) >= 11 is 0. The molecule has 1 atom stereocenters. The van der Waals surface area contributed by atoms with Crippen LogP contribution in [0.2, 0.25) is 0 Å². The highest BCUT2D eigenvalue weighted by Crippen LogP contribution is 2.15. The Kier molecular flexibility index (Phi) is 3.39. The highest BCUT2D eigenvalue weighted by molar-refractivity contribution is 6.00. The summed E-state index contributed by atoms with van der Waals surface area (Å²) < 4.78 is 0. The van der Waals surface area contributed by atoms with E-state index in [4.69, 9.17) is 0 Å². The van der Waals surface area contributed by atoms with Crippen LogP contribution < -0.4 is 15.8 Å². The van der Waals surface area contributed by atoms with Crippen LogP contribution in [-0.2, 0) is 9.59 Å². The van der Waals surface area contributed by atoms with E-state index in [1.54, 1.807) is 4.90 Å². The van der Waals surface area contributed by atoms with Gasteiger partial charge in [0.2, 0.25) is 11.8 Å². The monoisotopic (exact) mass is 233 g/mol. The van der Waals surface area contributed by atoms with Crippen LogP contribution in [0.1, 0.15) is 13.3 Å². The van der Waals surface area contributed by atoms with Gasteiger partial charge in [-0.25, -0.2) is 5.43 Å². The van der Waals surface area contributed by atoms with Gasteiger partial charge >= 0.3 is 0 Å². The number of nitrogens with zero attached hydrogens (tertiary/aromatic N) is 1. The molecule has 1 aliphatic heterocycles. The molecular weight excluding hydrogens is 218 g/mol. The molecule has 1 fully saturated rings. The number of carbonyl (C=O) groups is 2. The molecule has 2 amide bonds. The average molecular weight is 233 g/mol. The second-order valence-electron chi connectivity index (χ2n) is 3.87. The lowest BCUT2D eigenvalue weighted by Crippen LogP contribution is -2.45. The number of rotatable bonds is 3. The van der Waals surface area contributed by atoms with Crippen molar-refractivity contribution >= 4 is 17.5 Å². The van der Waals surface area contributed by atoms with Crippen molar-refractivity contribution in [3.8, 4) is 0 Å². The number of hydrogen-bond donors (Lipinski definition) is 2. The van der Waals surface area contributed by atoms with Gasteiger partial charge in [0.1, 0.15) is 6.04 Å². The minimum atomic E-state index is -0.470. The van der Waals surface area contributed by atoms with Gasteiger partial charge in [-0.2, -0.15) is 0 Å². The number of anilines is 1. The van der Waals surface area contributed by atoms with Crippen molar-refractivity contribution in [2.45, 2.75) is 19.4 Å². The maximum atomic E-state index is 12.2. The average Bonchev–Trinajstić information content (AvgIpc) is 2.78. The second-order valence-corrected chi connectivity index (χ2v) is 3.87. The first-order valence-electron chi connectivity index (χ1n) is 5.63. The van der Waals surface area contributed by atoms with Gasteiger partial charge in [0, 0.05) is 12.2 Å². The summed E-state index contributed by atoms with van der Waals surface area (Å²) in [6, 6.07) is 8.97. The Bertz CT molecular complexity index is 419. The fraction of sp³-hybridized carbons (Fsp3) is 0.333. The molecule has 90 valence electrons. The van der Waals surface area contributed by atoms with Gasteiger partial charge in [-0.1, -0.05) is 18.2 Å². The Morgan fingerprint density at radius 2 is 2.12 bits per heavy atom. The minimum Gasteiger partial charge on any atom is -0.311 e. The molecule has 5 nitrogen and oxygen atoms in total. The first-order valence-corrected chi connectivity index (χ1v) is 5.63. The zero-order chi connectivity index (χ0) is 12.3. The third kappa shape index (κ3) is 2.45. The van der Waals surface area contributed by atoms with E-state index in [1.807, 2.05) is 37.3 Å². The number of hydrogen-bond acceptors (Lipinski definition) is 3. The molecule has 0 saturated carbocycles. The molecule has 2 rings (SSSR count). The van der Waals surface area contributed by atoms with Crippen LogP contribution in [0.25, 0.3) is 0 Å². The van der Waals surface area contributed by atoms with E-state index in [0.29, 0.717) is 6.54 Å². The second kappa shape index (κ2) is 4.97. The molecule has 1 heterocycles. The molecule has 17 heavy (non-hydrogen) atoms. The zero-order valence-corrected chi connectivity index (χ0v) is 9.64. The van der Waals surface area contributed by atoms with Crippen LogP contribution in [0.5, 0.6) is 0 Å². The Morgan fingerprint density at radius 3 is 2.65 bits per heavy atom. The molecule has 1 aliphatic rings. The van der Waals surface area contributed by atoms with E-state index in [1.165, 1.54) is 0 Å². The summed E-state index contributed by atoms with van der Waals surface area (Å²) in [4.78, 5) is 24.9. The molecule has 0 aliphatic carbocycles. The fourth-order valence-electron chi connectivity index (χ4n) is 1.87. The molecule has 0 radical (unpaired) electrons. The van der Waals surface area contributed by atoms with Crippen molar-refractivity contribution in [3.05, 3.63) is 30.3 Å². The van der Waals surface area contributed by atoms with Crippen LogP contribution in [0.3, 0.4) is 0 Å². The summed E-state index contributed by atoms with van der Waals surface area (Å²) in [5.41, 5.74) is 5.99. The van der Waals surface area contributed by atoms with Gasteiger partial charge in [-0.05, 0) is 19.1 Å². The van der Waals surface area contributed by atoms with Crippen LogP contribution in [0.15, 0.2) is 30.3 Å². The topological polar surface area (TPSA) is 61.4 Å². The predicted molar refractivity (Wildman–Crippen MR) is 64.2 cm³/mol. The van der Waals surface area contributed by atoms with Crippen molar-refractivity contribution in [1.82, 2.24) is 10.9 Å². The van der Waals surface area contributed by atoms with Crippen molar-refractivity contribution in [3.63, 3.8) is 0 Å². The standard InChI is InChI=1S/C12H15N3O2/c1-2-15(9-6-4-3-5-7-9)12(17)10-8-11(16)14-13-10/h3-7,10,13H,2,8H2,1H3,(H,14,16). The lowest BCUT2D eigenvalue weighted by molar-refractivity contribution is -0.122. The first kappa shape index (κ1) is 11.6. The predicted octanol–water partition coefficient (Wildman–Crippen LogP) is 0.433. The van der Waals surface area contributed by atoms with Gasteiger partial charge in [-0.15, -0.1) is 0 Å². The zero-order valence-electron chi connectivity index (χ0n) is 9.64. The Balaban J connectivity index is 2.14. The van der Waals surface area contributed by atoms with Gasteiger partial charge < -0.3 is 4.90 Å². The van der Waals surface area contributed by atoms with E-state index in [9.17, 15) is 9.59 Å². The number of nitrogens with one attached hydrogen (secondary N) is 2. The number of hydrazine groups is 1. The van der Waals surface area contributed by atoms with Crippen LogP contribution >= 0.6 is 0 Å². The summed E-state index contributed by atoms with van der Waals surface area (Å²) in [7, 11) is 0. The Labute approximate surface area is 99.8 Å². The van der Waals surface area contributed by atoms with Crippen LogP contribution in [0, 0.1) is 0 Å². The van der Waals surface area contributed by atoms with E-state index in [2.05, 4.69) is 10.9 Å². The largest absolute Gasteiger partial charge is 0.311 e. The number of carbonyl (C=O) groups excluding carboxylic acids is 2. The van der Waals surface area contributed by atoms with Crippen LogP contribution in [0.4, 0.5) is 5.69 Å². The maximum absolute atomic E-state index is 12.2. The fourth-order valence-corrected chi connectivity index (χ4v) is 1.87. The molecule has 0 bridgehead atoms. The minimum absolute atomic E-state index is 0.0861. The molecule has 5 heteroatoms. The summed E-state index contributed by atoms with van der Waals surface area (Å²) in [6.45, 7) is 2.49. The number of benzene rings is 1. The van der Waals surface area contributed by atoms with Crippen molar-refractivity contribution in [2.75, 3.05) is 11.4 Å². The van der Waals surface area contributed by atoms with Crippen molar-refractivity contribution in [2.24, 2.45) is 0 Å². The third-order valence-corrected chi connectivity index (χ3v) is 2.72. The van der Waals surface area contributed by atoms with Crippen molar-refractivity contribution in [1.29, 1.82) is 0 Å².